The van der Waals surface area contributed by atoms with Crippen LogP contribution in [0.5, 0.6) is 0 Å². The van der Waals surface area contributed by atoms with Crippen LogP contribution >= 0.6 is 0 Å². The summed E-state index contributed by atoms with van der Waals surface area (Å²) in [5, 5.41) is 0. The Morgan fingerprint density at radius 3 is 1.22 bits per heavy atom. The van der Waals surface area contributed by atoms with Crippen LogP contribution in [0.1, 0.15) is 22.3 Å². The smallest absolute Gasteiger partial charge is 0.123 e. The van der Waals surface area contributed by atoms with E-state index in [0.717, 1.165) is 12.0 Å². The van der Waals surface area contributed by atoms with Gasteiger partial charge in [-0.2, -0.15) is 0 Å². The first kappa shape index (κ1) is 17.2. The highest BCUT2D eigenvalue weighted by molar-refractivity contribution is 5.52. The van der Waals surface area contributed by atoms with Gasteiger partial charge in [0, 0.05) is 5.41 Å². The van der Waals surface area contributed by atoms with E-state index in [-0.39, 0.29) is 11.2 Å². The van der Waals surface area contributed by atoms with E-state index < -0.39 is 0 Å². The summed E-state index contributed by atoms with van der Waals surface area (Å²) in [7, 11) is 0. The summed E-state index contributed by atoms with van der Waals surface area (Å²) in [5.41, 5.74) is 4.44. The molecule has 0 saturated carbocycles. The summed E-state index contributed by atoms with van der Waals surface area (Å²) in [4.78, 5) is 0. The second kappa shape index (κ2) is 7.59. The van der Waals surface area contributed by atoms with Gasteiger partial charge in [0.05, 0.1) is 0 Å². The van der Waals surface area contributed by atoms with Crippen LogP contribution in [0, 0.1) is 5.82 Å². The summed E-state index contributed by atoms with van der Waals surface area (Å²) in [6.45, 7) is 0. The van der Waals surface area contributed by atoms with Crippen LogP contribution in [-0.2, 0) is 11.8 Å². The van der Waals surface area contributed by atoms with E-state index in [1.165, 1.54) is 16.7 Å². The summed E-state index contributed by atoms with van der Waals surface area (Å²) < 4.78 is 13.5. The standard InChI is InChI=1S/C26H21F/c27-25-18-16-21(17-19-25)20-26(22-10-4-1-5-11-22,23-12-6-2-7-13-23)24-14-8-3-9-15-24/h1-19H,20H2. The largest absolute Gasteiger partial charge is 0.207 e. The lowest BCUT2D eigenvalue weighted by atomic mass is 9.66. The second-order valence-corrected chi connectivity index (χ2v) is 6.81. The maximum atomic E-state index is 13.5. The lowest BCUT2D eigenvalue weighted by molar-refractivity contribution is 0.605. The summed E-state index contributed by atoms with van der Waals surface area (Å²) in [6, 6.07) is 38.6. The molecule has 0 saturated heterocycles. The van der Waals surface area contributed by atoms with Gasteiger partial charge in [-0.3, -0.25) is 0 Å². The van der Waals surface area contributed by atoms with E-state index >= 15 is 0 Å². The fraction of sp³-hybridized carbons (Fsp3) is 0.0769. The zero-order valence-corrected chi connectivity index (χ0v) is 15.1. The molecule has 0 spiro atoms. The molecular weight excluding hydrogens is 331 g/mol. The fourth-order valence-electron chi connectivity index (χ4n) is 3.88. The molecule has 0 unspecified atom stereocenters. The highest BCUT2D eigenvalue weighted by atomic mass is 19.1. The predicted octanol–water partition coefficient (Wildman–Crippen LogP) is 6.40. The van der Waals surface area contributed by atoms with Crippen molar-refractivity contribution in [1.82, 2.24) is 0 Å². The van der Waals surface area contributed by atoms with Gasteiger partial charge in [-0.15, -0.1) is 0 Å². The maximum absolute atomic E-state index is 13.5. The van der Waals surface area contributed by atoms with E-state index in [1.54, 1.807) is 12.1 Å². The Kier molecular flexibility index (Phi) is 4.84. The molecule has 0 aromatic heterocycles. The number of hydrogen-bond acceptors (Lipinski definition) is 0. The molecule has 0 aliphatic carbocycles. The normalized spacial score (nSPS) is 11.3. The Labute approximate surface area is 159 Å². The van der Waals surface area contributed by atoms with Gasteiger partial charge < -0.3 is 0 Å². The van der Waals surface area contributed by atoms with E-state index in [2.05, 4.69) is 72.8 Å². The van der Waals surface area contributed by atoms with Crippen molar-refractivity contribution in [2.24, 2.45) is 0 Å². The number of rotatable bonds is 5. The molecule has 0 amide bonds. The Bertz CT molecular complexity index is 878. The van der Waals surface area contributed by atoms with Crippen LogP contribution in [0.15, 0.2) is 115 Å². The molecule has 0 aliphatic rings. The maximum Gasteiger partial charge on any atom is 0.123 e. The predicted molar refractivity (Wildman–Crippen MR) is 109 cm³/mol. The van der Waals surface area contributed by atoms with Crippen LogP contribution in [0.2, 0.25) is 0 Å². The summed E-state index contributed by atoms with van der Waals surface area (Å²) >= 11 is 0. The first-order valence-corrected chi connectivity index (χ1v) is 9.20. The van der Waals surface area contributed by atoms with Gasteiger partial charge in [-0.05, 0) is 40.8 Å². The van der Waals surface area contributed by atoms with Crippen molar-refractivity contribution in [2.45, 2.75) is 11.8 Å². The zero-order valence-electron chi connectivity index (χ0n) is 15.1. The molecule has 0 N–H and O–H groups in total. The number of hydrogen-bond donors (Lipinski definition) is 0. The third-order valence-corrected chi connectivity index (χ3v) is 5.18. The van der Waals surface area contributed by atoms with Crippen LogP contribution < -0.4 is 0 Å². The first-order chi connectivity index (χ1) is 13.3. The van der Waals surface area contributed by atoms with Crippen molar-refractivity contribution >= 4 is 0 Å². The molecule has 4 rings (SSSR count). The lowest BCUT2D eigenvalue weighted by Gasteiger charge is -2.36. The Hall–Kier alpha value is -3.19. The summed E-state index contributed by atoms with van der Waals surface area (Å²) in [6.07, 6.45) is 0.755. The molecule has 0 bridgehead atoms. The van der Waals surface area contributed by atoms with Crippen molar-refractivity contribution in [2.75, 3.05) is 0 Å². The van der Waals surface area contributed by atoms with Crippen LogP contribution in [0.25, 0.3) is 0 Å². The lowest BCUT2D eigenvalue weighted by Crippen LogP contribution is -2.32. The van der Waals surface area contributed by atoms with Crippen LogP contribution in [0.4, 0.5) is 4.39 Å². The van der Waals surface area contributed by atoms with Gasteiger partial charge in [0.2, 0.25) is 0 Å². The molecular formula is C26H21F. The third-order valence-electron chi connectivity index (χ3n) is 5.18. The van der Waals surface area contributed by atoms with E-state index in [0.29, 0.717) is 0 Å². The Morgan fingerprint density at radius 2 is 0.852 bits per heavy atom. The van der Waals surface area contributed by atoms with Gasteiger partial charge in [0.15, 0.2) is 0 Å². The molecule has 0 heterocycles. The van der Waals surface area contributed by atoms with E-state index in [4.69, 9.17) is 0 Å². The van der Waals surface area contributed by atoms with Gasteiger partial charge in [0.25, 0.3) is 0 Å². The molecule has 0 nitrogen and oxygen atoms in total. The van der Waals surface area contributed by atoms with Crippen molar-refractivity contribution in [1.29, 1.82) is 0 Å². The van der Waals surface area contributed by atoms with Gasteiger partial charge in [0.1, 0.15) is 5.82 Å². The molecule has 0 atom stereocenters. The molecule has 27 heavy (non-hydrogen) atoms. The second-order valence-electron chi connectivity index (χ2n) is 6.81. The number of benzene rings is 4. The van der Waals surface area contributed by atoms with E-state index in [9.17, 15) is 4.39 Å². The minimum absolute atomic E-state index is 0.205. The quantitative estimate of drug-likeness (QED) is 0.364. The summed E-state index contributed by atoms with van der Waals surface area (Å²) in [5.74, 6) is -0.205. The minimum atomic E-state index is -0.346. The Morgan fingerprint density at radius 1 is 0.481 bits per heavy atom. The highest BCUT2D eigenvalue weighted by Gasteiger charge is 2.36. The third kappa shape index (κ3) is 3.41. The van der Waals surface area contributed by atoms with Crippen molar-refractivity contribution in [3.63, 3.8) is 0 Å². The van der Waals surface area contributed by atoms with Crippen LogP contribution in [0.3, 0.4) is 0 Å². The molecule has 0 radical (unpaired) electrons. The number of halogens is 1. The monoisotopic (exact) mass is 352 g/mol. The molecule has 4 aromatic rings. The average molecular weight is 352 g/mol. The molecule has 1 heteroatoms. The highest BCUT2D eigenvalue weighted by Crippen LogP contribution is 2.42. The average Bonchev–Trinajstić information content (AvgIpc) is 2.75. The zero-order chi connectivity index (χ0) is 18.5. The fourth-order valence-corrected chi connectivity index (χ4v) is 3.88. The van der Waals surface area contributed by atoms with Crippen LogP contribution in [-0.4, -0.2) is 0 Å². The topological polar surface area (TPSA) is 0 Å². The van der Waals surface area contributed by atoms with E-state index in [1.807, 2.05) is 30.3 Å². The SMILES string of the molecule is Fc1ccc(CC(c2ccccc2)(c2ccccc2)c2ccccc2)cc1. The molecule has 0 fully saturated rings. The van der Waals surface area contributed by atoms with Crippen molar-refractivity contribution in [3.05, 3.63) is 143 Å². The molecule has 4 aromatic carbocycles. The molecule has 0 aliphatic heterocycles. The van der Waals surface area contributed by atoms with Crippen molar-refractivity contribution < 1.29 is 4.39 Å². The van der Waals surface area contributed by atoms with Gasteiger partial charge in [-0.25, -0.2) is 4.39 Å². The van der Waals surface area contributed by atoms with Gasteiger partial charge in [-0.1, -0.05) is 103 Å². The van der Waals surface area contributed by atoms with Gasteiger partial charge >= 0.3 is 0 Å². The first-order valence-electron chi connectivity index (χ1n) is 9.20. The molecule has 132 valence electrons. The minimum Gasteiger partial charge on any atom is -0.207 e. The van der Waals surface area contributed by atoms with Crippen molar-refractivity contribution in [3.8, 4) is 0 Å². The Balaban J connectivity index is 1.98.